The van der Waals surface area contributed by atoms with Crippen molar-refractivity contribution in [1.82, 2.24) is 19.7 Å². The standard InChI is InChI=1S/C26H32N6O4S/c1-16(2)36-22-12-9-18(15-28-22)20-11-10-19(24(29-20)32-14-13-26(4,5)17(32)3)25(33)31-37(34,35)23-8-6-7-21(27)30-23/h6-12,15-17H,13-14H2,1-5H3,(H2,27,30)(H,31,33). The van der Waals surface area contributed by atoms with Crippen LogP contribution in [0.1, 0.15) is 51.4 Å². The average Bonchev–Trinajstić information content (AvgIpc) is 3.10. The van der Waals surface area contributed by atoms with Gasteiger partial charge < -0.3 is 15.4 Å². The Morgan fingerprint density at radius 3 is 2.51 bits per heavy atom. The fraction of sp³-hybridized carbons (Fsp3) is 0.385. The van der Waals surface area contributed by atoms with Gasteiger partial charge in [0.2, 0.25) is 5.88 Å². The minimum Gasteiger partial charge on any atom is -0.475 e. The van der Waals surface area contributed by atoms with Crippen molar-refractivity contribution in [2.24, 2.45) is 5.41 Å². The van der Waals surface area contributed by atoms with Crippen molar-refractivity contribution in [1.29, 1.82) is 0 Å². The molecular formula is C26H32N6O4S. The summed E-state index contributed by atoms with van der Waals surface area (Å²) in [7, 11) is -4.24. The van der Waals surface area contributed by atoms with Crippen LogP contribution in [0.4, 0.5) is 11.6 Å². The predicted molar refractivity (Wildman–Crippen MR) is 142 cm³/mol. The normalized spacial score (nSPS) is 17.1. The molecule has 11 heteroatoms. The van der Waals surface area contributed by atoms with Gasteiger partial charge in [-0.1, -0.05) is 19.9 Å². The zero-order valence-corrected chi connectivity index (χ0v) is 22.4. The van der Waals surface area contributed by atoms with E-state index in [1.54, 1.807) is 24.4 Å². The van der Waals surface area contributed by atoms with Crippen LogP contribution in [-0.2, 0) is 10.0 Å². The van der Waals surface area contributed by atoms with Crippen LogP contribution in [0.3, 0.4) is 0 Å². The van der Waals surface area contributed by atoms with Gasteiger partial charge in [0.15, 0.2) is 5.03 Å². The Hall–Kier alpha value is -3.73. The number of rotatable bonds is 7. The molecule has 10 nitrogen and oxygen atoms in total. The van der Waals surface area contributed by atoms with E-state index in [0.29, 0.717) is 23.9 Å². The highest BCUT2D eigenvalue weighted by atomic mass is 32.2. The molecule has 0 radical (unpaired) electrons. The lowest BCUT2D eigenvalue weighted by molar-refractivity contribution is 0.0981. The maximum Gasteiger partial charge on any atom is 0.281 e. The molecule has 4 rings (SSSR count). The second kappa shape index (κ2) is 9.97. The predicted octanol–water partition coefficient (Wildman–Crippen LogP) is 3.65. The van der Waals surface area contributed by atoms with Crippen molar-refractivity contribution in [3.63, 3.8) is 0 Å². The van der Waals surface area contributed by atoms with E-state index in [1.165, 1.54) is 18.2 Å². The van der Waals surface area contributed by atoms with E-state index in [9.17, 15) is 13.2 Å². The highest BCUT2D eigenvalue weighted by molar-refractivity contribution is 7.90. The third kappa shape index (κ3) is 5.66. The van der Waals surface area contributed by atoms with Crippen LogP contribution >= 0.6 is 0 Å². The van der Waals surface area contributed by atoms with Gasteiger partial charge in [0.1, 0.15) is 11.6 Å². The first kappa shape index (κ1) is 26.3. The van der Waals surface area contributed by atoms with Crippen LogP contribution < -0.4 is 20.1 Å². The molecule has 0 aromatic carbocycles. The number of nitrogens with zero attached hydrogens (tertiary/aromatic N) is 4. The summed E-state index contributed by atoms with van der Waals surface area (Å²) < 4.78 is 33.5. The number of hydrogen-bond donors (Lipinski definition) is 2. The summed E-state index contributed by atoms with van der Waals surface area (Å²) in [6.07, 6.45) is 2.56. The van der Waals surface area contributed by atoms with E-state index in [-0.39, 0.29) is 34.0 Å². The van der Waals surface area contributed by atoms with Crippen molar-refractivity contribution in [2.75, 3.05) is 17.2 Å². The first-order chi connectivity index (χ1) is 17.4. The molecule has 196 valence electrons. The lowest BCUT2D eigenvalue weighted by atomic mass is 9.86. The van der Waals surface area contributed by atoms with E-state index in [0.717, 1.165) is 12.0 Å². The summed E-state index contributed by atoms with van der Waals surface area (Å²) in [6, 6.07) is 11.2. The van der Waals surface area contributed by atoms with Crippen molar-refractivity contribution >= 4 is 27.6 Å². The number of ether oxygens (including phenoxy) is 1. The van der Waals surface area contributed by atoms with Crippen LogP contribution in [0, 0.1) is 5.41 Å². The number of nitrogen functional groups attached to an aromatic ring is 1. The van der Waals surface area contributed by atoms with E-state index in [4.69, 9.17) is 15.5 Å². The molecule has 0 aliphatic carbocycles. The van der Waals surface area contributed by atoms with E-state index >= 15 is 0 Å². The van der Waals surface area contributed by atoms with Gasteiger partial charge in [-0.05, 0) is 62.9 Å². The van der Waals surface area contributed by atoms with Gasteiger partial charge in [-0.15, -0.1) is 0 Å². The minimum atomic E-state index is -4.24. The molecule has 3 aromatic rings. The Bertz CT molecular complexity index is 1410. The fourth-order valence-corrected chi connectivity index (χ4v) is 5.12. The van der Waals surface area contributed by atoms with Gasteiger partial charge in [-0.2, -0.15) is 8.42 Å². The number of carbonyl (C=O) groups is 1. The lowest BCUT2D eigenvalue weighted by Gasteiger charge is -2.31. The fourth-order valence-electron chi connectivity index (χ4n) is 4.18. The molecule has 1 unspecified atom stereocenters. The number of pyridine rings is 3. The van der Waals surface area contributed by atoms with Gasteiger partial charge in [0.25, 0.3) is 15.9 Å². The van der Waals surface area contributed by atoms with Crippen molar-refractivity contribution in [3.05, 3.63) is 54.2 Å². The third-order valence-electron chi connectivity index (χ3n) is 6.62. The lowest BCUT2D eigenvalue weighted by Crippen LogP contribution is -2.37. The summed E-state index contributed by atoms with van der Waals surface area (Å²) in [5, 5.41) is -0.336. The average molecular weight is 525 g/mol. The van der Waals surface area contributed by atoms with Crippen molar-refractivity contribution in [3.8, 4) is 17.1 Å². The molecule has 0 saturated carbocycles. The zero-order valence-electron chi connectivity index (χ0n) is 21.6. The minimum absolute atomic E-state index is 0.000289. The topological polar surface area (TPSA) is 140 Å². The smallest absolute Gasteiger partial charge is 0.281 e. The molecule has 1 aliphatic rings. The Balaban J connectivity index is 1.72. The molecule has 1 fully saturated rings. The number of amides is 1. The molecule has 1 amide bonds. The Morgan fingerprint density at radius 1 is 1.16 bits per heavy atom. The largest absolute Gasteiger partial charge is 0.475 e. The zero-order chi connectivity index (χ0) is 27.0. The number of hydrogen-bond acceptors (Lipinski definition) is 9. The molecule has 1 atom stereocenters. The molecule has 3 aromatic heterocycles. The molecule has 1 saturated heterocycles. The summed E-state index contributed by atoms with van der Waals surface area (Å²) in [4.78, 5) is 28.4. The molecule has 37 heavy (non-hydrogen) atoms. The molecule has 0 spiro atoms. The maximum atomic E-state index is 13.3. The molecule has 0 bridgehead atoms. The summed E-state index contributed by atoms with van der Waals surface area (Å²) in [5.74, 6) is 0.152. The Kier molecular flexibility index (Phi) is 7.09. The first-order valence-corrected chi connectivity index (χ1v) is 13.6. The number of sulfonamides is 1. The number of carbonyl (C=O) groups excluding carboxylic acids is 1. The van der Waals surface area contributed by atoms with E-state index < -0.39 is 15.9 Å². The monoisotopic (exact) mass is 524 g/mol. The van der Waals surface area contributed by atoms with Gasteiger partial charge in [0.05, 0.1) is 17.4 Å². The third-order valence-corrected chi connectivity index (χ3v) is 7.86. The highest BCUT2D eigenvalue weighted by Gasteiger charge is 2.39. The van der Waals surface area contributed by atoms with Gasteiger partial charge in [0, 0.05) is 30.4 Å². The van der Waals surface area contributed by atoms with Crippen molar-refractivity contribution in [2.45, 2.75) is 58.2 Å². The molecule has 4 heterocycles. The molecular weight excluding hydrogens is 492 g/mol. The maximum absolute atomic E-state index is 13.3. The van der Waals surface area contributed by atoms with Crippen molar-refractivity contribution < 1.29 is 17.9 Å². The Labute approximate surface area is 217 Å². The van der Waals surface area contributed by atoms with Crippen LogP contribution in [0.2, 0.25) is 0 Å². The van der Waals surface area contributed by atoms with Crippen LogP contribution in [-0.4, -0.2) is 48.0 Å². The second-order valence-corrected chi connectivity index (χ2v) is 11.7. The van der Waals surface area contributed by atoms with E-state index in [2.05, 4.69) is 35.5 Å². The van der Waals surface area contributed by atoms with Crippen LogP contribution in [0.15, 0.2) is 53.7 Å². The first-order valence-electron chi connectivity index (χ1n) is 12.1. The van der Waals surface area contributed by atoms with Crippen LogP contribution in [0.25, 0.3) is 11.3 Å². The summed E-state index contributed by atoms with van der Waals surface area (Å²) >= 11 is 0. The van der Waals surface area contributed by atoms with Gasteiger partial charge in [-0.25, -0.2) is 19.7 Å². The summed E-state index contributed by atoms with van der Waals surface area (Å²) in [5.41, 5.74) is 7.11. The van der Waals surface area contributed by atoms with Gasteiger partial charge in [-0.3, -0.25) is 4.79 Å². The highest BCUT2D eigenvalue weighted by Crippen LogP contribution is 2.39. The van der Waals surface area contributed by atoms with Gasteiger partial charge >= 0.3 is 0 Å². The van der Waals surface area contributed by atoms with Crippen LogP contribution in [0.5, 0.6) is 5.88 Å². The Morgan fingerprint density at radius 2 is 1.92 bits per heavy atom. The number of anilines is 2. The molecule has 1 aliphatic heterocycles. The second-order valence-electron chi connectivity index (χ2n) is 10.1. The number of nitrogens with one attached hydrogen (secondary N) is 1. The molecule has 3 N–H and O–H groups in total. The summed E-state index contributed by atoms with van der Waals surface area (Å²) in [6.45, 7) is 10.9. The quantitative estimate of drug-likeness (QED) is 0.474. The van der Waals surface area contributed by atoms with E-state index in [1.807, 2.05) is 24.8 Å². The SMILES string of the molecule is CC(C)Oc1ccc(-c2ccc(C(=O)NS(=O)(=O)c3cccc(N)n3)c(N3CCC(C)(C)C3C)n2)cn1. The number of aromatic nitrogens is 3. The number of nitrogens with two attached hydrogens (primary N) is 1.